The lowest BCUT2D eigenvalue weighted by Gasteiger charge is -2.38. The van der Waals surface area contributed by atoms with Crippen LogP contribution < -0.4 is 0 Å². The number of likely N-dealkylation sites (tertiary alicyclic amines) is 1. The van der Waals surface area contributed by atoms with Crippen molar-refractivity contribution in [2.45, 2.75) is 37.2 Å². The Balaban J connectivity index is 1.76. The maximum atomic E-state index is 12.5. The van der Waals surface area contributed by atoms with Crippen molar-refractivity contribution in [1.82, 2.24) is 9.88 Å². The average molecular weight is 276 g/mol. The van der Waals surface area contributed by atoms with Crippen LogP contribution in [0, 0.1) is 0 Å². The van der Waals surface area contributed by atoms with Crippen LogP contribution >= 0.6 is 0 Å². The highest BCUT2D eigenvalue weighted by atomic mass is 16.3. The number of aliphatic hydroxyl groups is 2. The lowest BCUT2D eigenvalue weighted by molar-refractivity contribution is -0.0598. The summed E-state index contributed by atoms with van der Waals surface area (Å²) in [5.74, 6) is 0.456. The molecule has 1 aromatic rings. The molecule has 2 aliphatic rings. The molecule has 20 heavy (non-hydrogen) atoms. The number of carbonyl (C=O) groups is 1. The van der Waals surface area contributed by atoms with Crippen LogP contribution in [0.15, 0.2) is 18.5 Å². The van der Waals surface area contributed by atoms with E-state index in [4.69, 9.17) is 0 Å². The van der Waals surface area contributed by atoms with E-state index in [1.165, 1.54) is 12.8 Å². The summed E-state index contributed by atoms with van der Waals surface area (Å²) in [4.78, 5) is 18.3. The fraction of sp³-hybridized carbons (Fsp3) is 0.600. The first kappa shape index (κ1) is 13.5. The second-order valence-electron chi connectivity index (χ2n) is 5.99. The van der Waals surface area contributed by atoms with Crippen LogP contribution in [0.4, 0.5) is 0 Å². The van der Waals surface area contributed by atoms with Gasteiger partial charge < -0.3 is 15.1 Å². The number of nitrogens with zero attached hydrogens (tertiary/aromatic N) is 2. The zero-order valence-corrected chi connectivity index (χ0v) is 11.5. The lowest BCUT2D eigenvalue weighted by Crippen LogP contribution is -2.52. The molecule has 0 bridgehead atoms. The monoisotopic (exact) mass is 276 g/mol. The van der Waals surface area contributed by atoms with E-state index in [1.54, 1.807) is 11.1 Å². The van der Waals surface area contributed by atoms with Crippen molar-refractivity contribution in [2.24, 2.45) is 0 Å². The Morgan fingerprint density at radius 3 is 2.95 bits per heavy atom. The van der Waals surface area contributed by atoms with Gasteiger partial charge in [0.1, 0.15) is 5.60 Å². The molecule has 0 radical (unpaired) electrons. The number of piperidine rings is 1. The molecule has 2 N–H and O–H groups in total. The van der Waals surface area contributed by atoms with Gasteiger partial charge in [0.25, 0.3) is 5.91 Å². The number of aromatic nitrogens is 1. The van der Waals surface area contributed by atoms with E-state index in [9.17, 15) is 15.0 Å². The smallest absolute Gasteiger partial charge is 0.255 e. The van der Waals surface area contributed by atoms with Gasteiger partial charge in [-0.15, -0.1) is 0 Å². The number of aliphatic hydroxyl groups excluding tert-OH is 1. The molecule has 2 heterocycles. The van der Waals surface area contributed by atoms with Crippen molar-refractivity contribution in [3.05, 3.63) is 29.6 Å². The number of pyridine rings is 1. The molecule has 1 aliphatic heterocycles. The van der Waals surface area contributed by atoms with E-state index < -0.39 is 5.60 Å². The first-order chi connectivity index (χ1) is 9.61. The molecule has 1 saturated carbocycles. The average Bonchev–Trinajstić information content (AvgIpc) is 3.31. The van der Waals surface area contributed by atoms with Crippen LogP contribution in [0.2, 0.25) is 0 Å². The third kappa shape index (κ3) is 2.69. The van der Waals surface area contributed by atoms with Crippen molar-refractivity contribution >= 4 is 5.91 Å². The van der Waals surface area contributed by atoms with Crippen LogP contribution in [0.25, 0.3) is 0 Å². The van der Waals surface area contributed by atoms with E-state index in [0.717, 1.165) is 5.56 Å². The summed E-state index contributed by atoms with van der Waals surface area (Å²) in [7, 11) is 0. The molecule has 2 fully saturated rings. The van der Waals surface area contributed by atoms with Crippen molar-refractivity contribution < 1.29 is 15.0 Å². The molecule has 1 aliphatic carbocycles. The van der Waals surface area contributed by atoms with Gasteiger partial charge in [-0.25, -0.2) is 0 Å². The zero-order valence-electron chi connectivity index (χ0n) is 11.5. The number of rotatable bonds is 3. The minimum absolute atomic E-state index is 0.105. The summed E-state index contributed by atoms with van der Waals surface area (Å²) >= 11 is 0. The molecule has 0 spiro atoms. The summed E-state index contributed by atoms with van der Waals surface area (Å²) in [5.41, 5.74) is 0.553. The fourth-order valence-corrected chi connectivity index (χ4v) is 2.81. The highest BCUT2D eigenvalue weighted by Crippen LogP contribution is 2.39. The Morgan fingerprint density at radius 2 is 2.25 bits per heavy atom. The standard InChI is InChI=1S/C15H20N2O3/c18-10-15(20)4-1-5-17(9-15)14(19)13-6-12(7-16-8-13)11-2-3-11/h6-8,11,18,20H,1-5,9-10H2. The molecule has 1 amide bonds. The predicted octanol–water partition coefficient (Wildman–Crippen LogP) is 0.918. The topological polar surface area (TPSA) is 73.7 Å². The SMILES string of the molecule is O=C(c1cncc(C2CC2)c1)N1CCCC(O)(CO)C1. The first-order valence-corrected chi connectivity index (χ1v) is 7.19. The molecule has 108 valence electrons. The highest BCUT2D eigenvalue weighted by Gasteiger charge is 2.35. The number of amides is 1. The van der Waals surface area contributed by atoms with Gasteiger partial charge in [0.05, 0.1) is 18.7 Å². The predicted molar refractivity (Wildman–Crippen MR) is 73.4 cm³/mol. The van der Waals surface area contributed by atoms with Crippen LogP contribution in [-0.4, -0.2) is 51.3 Å². The Labute approximate surface area is 118 Å². The van der Waals surface area contributed by atoms with Gasteiger partial charge in [0.15, 0.2) is 0 Å². The van der Waals surface area contributed by atoms with E-state index in [0.29, 0.717) is 30.9 Å². The Kier molecular flexibility index (Phi) is 3.48. The summed E-state index contributed by atoms with van der Waals surface area (Å²) < 4.78 is 0. The minimum Gasteiger partial charge on any atom is -0.393 e. The number of hydrogen-bond acceptors (Lipinski definition) is 4. The van der Waals surface area contributed by atoms with Gasteiger partial charge >= 0.3 is 0 Å². The molecule has 3 rings (SSSR count). The molecule has 1 atom stereocenters. The molecular formula is C15H20N2O3. The van der Waals surface area contributed by atoms with Gasteiger partial charge in [-0.1, -0.05) is 0 Å². The van der Waals surface area contributed by atoms with Crippen molar-refractivity contribution in [3.63, 3.8) is 0 Å². The normalized spacial score (nSPS) is 26.6. The lowest BCUT2D eigenvalue weighted by atomic mass is 9.93. The van der Waals surface area contributed by atoms with Gasteiger partial charge in [0.2, 0.25) is 0 Å². The van der Waals surface area contributed by atoms with E-state index in [-0.39, 0.29) is 19.1 Å². The molecule has 5 heteroatoms. The van der Waals surface area contributed by atoms with Crippen molar-refractivity contribution in [3.8, 4) is 0 Å². The maximum absolute atomic E-state index is 12.5. The molecular weight excluding hydrogens is 256 g/mol. The van der Waals surface area contributed by atoms with Gasteiger partial charge in [0, 0.05) is 18.9 Å². The first-order valence-electron chi connectivity index (χ1n) is 7.19. The Morgan fingerprint density at radius 1 is 1.45 bits per heavy atom. The van der Waals surface area contributed by atoms with Crippen molar-refractivity contribution in [1.29, 1.82) is 0 Å². The maximum Gasteiger partial charge on any atom is 0.255 e. The summed E-state index contributed by atoms with van der Waals surface area (Å²) in [6.07, 6.45) is 7.00. The summed E-state index contributed by atoms with van der Waals surface area (Å²) in [6, 6.07) is 1.92. The highest BCUT2D eigenvalue weighted by molar-refractivity contribution is 5.94. The number of carbonyl (C=O) groups excluding carboxylic acids is 1. The van der Waals surface area contributed by atoms with Crippen LogP contribution in [0.3, 0.4) is 0 Å². The molecule has 1 saturated heterocycles. The van der Waals surface area contributed by atoms with Crippen molar-refractivity contribution in [2.75, 3.05) is 19.7 Å². The van der Waals surface area contributed by atoms with Gasteiger partial charge in [-0.2, -0.15) is 0 Å². The molecule has 5 nitrogen and oxygen atoms in total. The number of β-amino-alcohol motifs (C(OH)–C–C–N with tert-alkyl or cyclic N) is 1. The largest absolute Gasteiger partial charge is 0.393 e. The molecule has 1 aromatic heterocycles. The number of hydrogen-bond donors (Lipinski definition) is 2. The fourth-order valence-electron chi connectivity index (χ4n) is 2.81. The second-order valence-corrected chi connectivity index (χ2v) is 5.99. The molecule has 0 aromatic carbocycles. The van der Waals surface area contributed by atoms with Crippen LogP contribution in [-0.2, 0) is 0 Å². The molecule has 1 unspecified atom stereocenters. The van der Waals surface area contributed by atoms with Gasteiger partial charge in [-0.3, -0.25) is 9.78 Å². The minimum atomic E-state index is -1.16. The summed E-state index contributed by atoms with van der Waals surface area (Å²) in [5, 5.41) is 19.4. The Hall–Kier alpha value is -1.46. The van der Waals surface area contributed by atoms with Crippen LogP contribution in [0.5, 0.6) is 0 Å². The zero-order chi connectivity index (χ0) is 14.2. The van der Waals surface area contributed by atoms with E-state index in [2.05, 4.69) is 4.98 Å². The van der Waals surface area contributed by atoms with Gasteiger partial charge in [-0.05, 0) is 43.2 Å². The third-order valence-corrected chi connectivity index (χ3v) is 4.19. The van der Waals surface area contributed by atoms with Crippen LogP contribution in [0.1, 0.15) is 47.5 Å². The van der Waals surface area contributed by atoms with E-state index in [1.807, 2.05) is 12.3 Å². The quantitative estimate of drug-likeness (QED) is 0.861. The second kappa shape index (κ2) is 5.14. The summed E-state index contributed by atoms with van der Waals surface area (Å²) in [6.45, 7) is 0.502. The Bertz CT molecular complexity index is 516. The van der Waals surface area contributed by atoms with E-state index >= 15 is 0 Å². The third-order valence-electron chi connectivity index (χ3n) is 4.19.